The van der Waals surface area contributed by atoms with Crippen molar-refractivity contribution in [3.05, 3.63) is 0 Å². The maximum Gasteiger partial charge on any atom is 0.0308 e. The zero-order valence-electron chi connectivity index (χ0n) is 11.7. The molecule has 2 fully saturated rings. The highest BCUT2D eigenvalue weighted by Crippen LogP contribution is 2.40. The van der Waals surface area contributed by atoms with E-state index in [2.05, 4.69) is 30.3 Å². The molecule has 0 aromatic carbocycles. The molecular weight excluding hydrogens is 228 g/mol. The lowest BCUT2D eigenvalue weighted by Gasteiger charge is -2.36. The van der Waals surface area contributed by atoms with Gasteiger partial charge in [0.05, 0.1) is 0 Å². The van der Waals surface area contributed by atoms with Gasteiger partial charge in [-0.1, -0.05) is 0 Å². The van der Waals surface area contributed by atoms with Gasteiger partial charge in [-0.05, 0) is 70.5 Å². The average Bonchev–Trinajstić information content (AvgIpc) is 3.12. The second-order valence-electron chi connectivity index (χ2n) is 6.07. The Balaban J connectivity index is 1.91. The van der Waals surface area contributed by atoms with E-state index >= 15 is 0 Å². The number of rotatable bonds is 5. The molecule has 2 unspecified atom stereocenters. The molecule has 0 aromatic rings. The Hall–Kier alpha value is 0.270. The van der Waals surface area contributed by atoms with Gasteiger partial charge in [0.1, 0.15) is 0 Å². The fourth-order valence-corrected chi connectivity index (χ4v) is 3.63. The molecule has 0 amide bonds. The lowest BCUT2D eigenvalue weighted by molar-refractivity contribution is 0.157. The molecule has 17 heavy (non-hydrogen) atoms. The molecule has 0 radical (unpaired) electrons. The Kier molecular flexibility index (Phi) is 4.79. The highest BCUT2D eigenvalue weighted by atomic mass is 32.2. The molecule has 2 atom stereocenters. The summed E-state index contributed by atoms with van der Waals surface area (Å²) in [6.45, 7) is 8.61. The van der Waals surface area contributed by atoms with Crippen LogP contribution in [0.2, 0.25) is 0 Å². The average molecular weight is 256 g/mol. The second kappa shape index (κ2) is 5.94. The number of thioether (sulfide) groups is 1. The van der Waals surface area contributed by atoms with Crippen molar-refractivity contribution < 1.29 is 0 Å². The molecule has 1 aliphatic heterocycles. The Morgan fingerprint density at radius 3 is 2.88 bits per heavy atom. The van der Waals surface area contributed by atoms with Crippen molar-refractivity contribution in [3.8, 4) is 0 Å². The minimum absolute atomic E-state index is 0.393. The summed E-state index contributed by atoms with van der Waals surface area (Å²) in [6.07, 6.45) is 7.74. The van der Waals surface area contributed by atoms with Crippen LogP contribution in [0.25, 0.3) is 0 Å². The molecule has 1 saturated heterocycles. The van der Waals surface area contributed by atoms with Gasteiger partial charge in [0.15, 0.2) is 0 Å². The Bertz CT molecular complexity index is 242. The third-order valence-corrected chi connectivity index (χ3v) is 5.17. The molecule has 3 heteroatoms. The molecule has 0 spiro atoms. The minimum Gasteiger partial charge on any atom is -0.310 e. The molecule has 1 N–H and O–H groups in total. The fraction of sp³-hybridized carbons (Fsp3) is 1.00. The van der Waals surface area contributed by atoms with Gasteiger partial charge >= 0.3 is 0 Å². The van der Waals surface area contributed by atoms with E-state index in [0.717, 1.165) is 12.0 Å². The maximum absolute atomic E-state index is 3.81. The largest absolute Gasteiger partial charge is 0.310 e. The van der Waals surface area contributed by atoms with Crippen molar-refractivity contribution in [3.63, 3.8) is 0 Å². The van der Waals surface area contributed by atoms with Crippen LogP contribution < -0.4 is 5.32 Å². The SMILES string of the molecule is CSCCC(C)N1CCCNC(C)(C2CC2)C1. The van der Waals surface area contributed by atoms with Crippen LogP contribution in [0.4, 0.5) is 0 Å². The Labute approximate surface area is 111 Å². The van der Waals surface area contributed by atoms with Crippen molar-refractivity contribution in [2.75, 3.05) is 31.6 Å². The monoisotopic (exact) mass is 256 g/mol. The van der Waals surface area contributed by atoms with E-state index in [1.165, 1.54) is 51.1 Å². The van der Waals surface area contributed by atoms with Crippen molar-refractivity contribution >= 4 is 11.8 Å². The van der Waals surface area contributed by atoms with Gasteiger partial charge in [0.2, 0.25) is 0 Å². The van der Waals surface area contributed by atoms with E-state index in [-0.39, 0.29) is 0 Å². The summed E-state index contributed by atoms with van der Waals surface area (Å²) in [5.74, 6) is 2.24. The van der Waals surface area contributed by atoms with Crippen LogP contribution in [0.5, 0.6) is 0 Å². The molecule has 100 valence electrons. The van der Waals surface area contributed by atoms with Crippen LogP contribution in [0, 0.1) is 5.92 Å². The van der Waals surface area contributed by atoms with Crippen LogP contribution >= 0.6 is 11.8 Å². The number of hydrogen-bond donors (Lipinski definition) is 1. The summed E-state index contributed by atoms with van der Waals surface area (Å²) >= 11 is 1.98. The maximum atomic E-state index is 3.81. The highest BCUT2D eigenvalue weighted by Gasteiger charge is 2.43. The lowest BCUT2D eigenvalue weighted by atomic mass is 9.94. The molecule has 0 bridgehead atoms. The summed E-state index contributed by atoms with van der Waals surface area (Å²) in [4.78, 5) is 2.73. The standard InChI is InChI=1S/C14H28N2S/c1-12(7-10-17-3)16-9-4-8-15-14(2,11-16)13-5-6-13/h12-13,15H,4-11H2,1-3H3. The molecule has 2 aliphatic rings. The van der Waals surface area contributed by atoms with Gasteiger partial charge in [0, 0.05) is 18.1 Å². The summed E-state index contributed by atoms with van der Waals surface area (Å²) in [5.41, 5.74) is 0.393. The first-order valence-electron chi connectivity index (χ1n) is 7.14. The molecule has 1 heterocycles. The van der Waals surface area contributed by atoms with Crippen LogP contribution in [0.1, 0.15) is 39.5 Å². The van der Waals surface area contributed by atoms with Gasteiger partial charge in [-0.25, -0.2) is 0 Å². The van der Waals surface area contributed by atoms with Crippen molar-refractivity contribution in [2.45, 2.75) is 51.1 Å². The topological polar surface area (TPSA) is 15.3 Å². The van der Waals surface area contributed by atoms with E-state index in [4.69, 9.17) is 0 Å². The van der Waals surface area contributed by atoms with Gasteiger partial charge in [-0.3, -0.25) is 4.90 Å². The predicted octanol–water partition coefficient (Wildman–Crippen LogP) is 2.59. The van der Waals surface area contributed by atoms with Crippen LogP contribution in [0.3, 0.4) is 0 Å². The lowest BCUT2D eigenvalue weighted by Crippen LogP contribution is -2.52. The number of nitrogens with zero attached hydrogens (tertiary/aromatic N) is 1. The fourth-order valence-electron chi connectivity index (χ4n) is 3.05. The summed E-state index contributed by atoms with van der Waals surface area (Å²) in [6, 6.07) is 0.750. The van der Waals surface area contributed by atoms with Gasteiger partial charge in [-0.2, -0.15) is 11.8 Å². The van der Waals surface area contributed by atoms with Gasteiger partial charge < -0.3 is 5.32 Å². The predicted molar refractivity (Wildman–Crippen MR) is 77.8 cm³/mol. The smallest absolute Gasteiger partial charge is 0.0308 e. The van der Waals surface area contributed by atoms with Crippen molar-refractivity contribution in [2.24, 2.45) is 5.92 Å². The normalized spacial score (nSPS) is 33.4. The quantitative estimate of drug-likeness (QED) is 0.814. The van der Waals surface area contributed by atoms with Crippen LogP contribution in [-0.4, -0.2) is 48.1 Å². The number of nitrogens with one attached hydrogen (secondary N) is 1. The summed E-state index contributed by atoms with van der Waals surface area (Å²) < 4.78 is 0. The third kappa shape index (κ3) is 3.62. The van der Waals surface area contributed by atoms with Crippen molar-refractivity contribution in [1.82, 2.24) is 10.2 Å². The van der Waals surface area contributed by atoms with E-state index in [9.17, 15) is 0 Å². The van der Waals surface area contributed by atoms with Crippen molar-refractivity contribution in [1.29, 1.82) is 0 Å². The molecule has 1 saturated carbocycles. The van der Waals surface area contributed by atoms with E-state index < -0.39 is 0 Å². The molecule has 1 aliphatic carbocycles. The molecular formula is C14H28N2S. The van der Waals surface area contributed by atoms with Gasteiger partial charge in [0.25, 0.3) is 0 Å². The first kappa shape index (κ1) is 13.7. The Morgan fingerprint density at radius 2 is 2.24 bits per heavy atom. The first-order valence-corrected chi connectivity index (χ1v) is 8.53. The van der Waals surface area contributed by atoms with E-state index in [0.29, 0.717) is 5.54 Å². The highest BCUT2D eigenvalue weighted by molar-refractivity contribution is 7.98. The van der Waals surface area contributed by atoms with E-state index in [1.807, 2.05) is 11.8 Å². The zero-order chi connectivity index (χ0) is 12.3. The first-order chi connectivity index (χ1) is 8.15. The zero-order valence-corrected chi connectivity index (χ0v) is 12.5. The third-order valence-electron chi connectivity index (χ3n) is 4.52. The molecule has 0 aromatic heterocycles. The summed E-state index contributed by atoms with van der Waals surface area (Å²) in [5, 5.41) is 3.81. The molecule has 2 nitrogen and oxygen atoms in total. The molecule has 2 rings (SSSR count). The second-order valence-corrected chi connectivity index (χ2v) is 7.06. The van der Waals surface area contributed by atoms with Crippen LogP contribution in [0.15, 0.2) is 0 Å². The number of hydrogen-bond acceptors (Lipinski definition) is 3. The van der Waals surface area contributed by atoms with Gasteiger partial charge in [-0.15, -0.1) is 0 Å². The van der Waals surface area contributed by atoms with Crippen LogP contribution in [-0.2, 0) is 0 Å². The minimum atomic E-state index is 0.393. The Morgan fingerprint density at radius 1 is 1.47 bits per heavy atom. The summed E-state index contributed by atoms with van der Waals surface area (Å²) in [7, 11) is 0. The van der Waals surface area contributed by atoms with E-state index in [1.54, 1.807) is 0 Å².